The maximum atomic E-state index is 12.9. The summed E-state index contributed by atoms with van der Waals surface area (Å²) in [5.41, 5.74) is 0. The molecule has 1 atom stereocenters. The fraction of sp³-hybridized carbons (Fsp3) is 0.761. The van der Waals surface area contributed by atoms with Crippen LogP contribution in [0.25, 0.3) is 0 Å². The summed E-state index contributed by atoms with van der Waals surface area (Å²) in [6.45, 7) is 6.54. The van der Waals surface area contributed by atoms with E-state index in [2.05, 4.69) is 106 Å². The van der Waals surface area contributed by atoms with E-state index in [1.54, 1.807) is 0 Å². The zero-order chi connectivity index (χ0) is 55.7. The Balaban J connectivity index is 4.37. The molecule has 6 nitrogen and oxygen atoms in total. The lowest BCUT2D eigenvalue weighted by Gasteiger charge is -2.18. The first-order chi connectivity index (χ1) is 38.0. The van der Waals surface area contributed by atoms with E-state index in [1.807, 2.05) is 0 Å². The van der Waals surface area contributed by atoms with Crippen LogP contribution in [0.5, 0.6) is 0 Å². The summed E-state index contributed by atoms with van der Waals surface area (Å²) < 4.78 is 17.0. The molecule has 0 aromatic heterocycles. The van der Waals surface area contributed by atoms with Gasteiger partial charge in [0.2, 0.25) is 0 Å². The van der Waals surface area contributed by atoms with E-state index in [0.29, 0.717) is 19.3 Å². The number of unbranched alkanes of at least 4 members (excludes halogenated alkanes) is 35. The summed E-state index contributed by atoms with van der Waals surface area (Å²) in [5.74, 6) is -0.879. The molecule has 0 aromatic carbocycles. The van der Waals surface area contributed by atoms with Crippen molar-refractivity contribution in [2.45, 2.75) is 335 Å². The Labute approximate surface area is 477 Å². The minimum Gasteiger partial charge on any atom is -0.462 e. The van der Waals surface area contributed by atoms with E-state index in [0.717, 1.165) is 109 Å². The highest BCUT2D eigenvalue weighted by atomic mass is 16.6. The summed E-state index contributed by atoms with van der Waals surface area (Å²) in [6.07, 6.45) is 85.8. The normalized spacial score (nSPS) is 12.6. The highest BCUT2D eigenvalue weighted by molar-refractivity contribution is 5.71. The predicted octanol–water partition coefficient (Wildman–Crippen LogP) is 22.7. The first-order valence-corrected chi connectivity index (χ1v) is 33.1. The number of carbonyl (C=O) groups excluding carboxylic acids is 3. The van der Waals surface area contributed by atoms with E-state index < -0.39 is 6.10 Å². The highest BCUT2D eigenvalue weighted by Gasteiger charge is 2.19. The number of hydrogen-bond donors (Lipinski definition) is 0. The summed E-state index contributed by atoms with van der Waals surface area (Å²) in [7, 11) is 0. The molecule has 0 bridgehead atoms. The number of rotatable bonds is 60. The van der Waals surface area contributed by atoms with Crippen molar-refractivity contribution in [2.24, 2.45) is 0 Å². The maximum absolute atomic E-state index is 12.9. The third kappa shape index (κ3) is 63.3. The van der Waals surface area contributed by atoms with Crippen molar-refractivity contribution in [3.63, 3.8) is 0 Å². The van der Waals surface area contributed by atoms with Gasteiger partial charge in [-0.25, -0.2) is 0 Å². The first-order valence-electron chi connectivity index (χ1n) is 33.1. The SMILES string of the molecule is CC/C=C\C/C=C\C/C=C\C/C=C\CCCCCCCCCCC(=O)OC(COC(=O)CCCCCCCCCC/C=C\C/C=C\C/C=C\CCCCCCC)COC(=O)CCCCCCCCCCCCCCCCC. The van der Waals surface area contributed by atoms with Crippen LogP contribution < -0.4 is 0 Å². The van der Waals surface area contributed by atoms with Crippen LogP contribution in [-0.4, -0.2) is 37.2 Å². The van der Waals surface area contributed by atoms with Crippen molar-refractivity contribution in [3.8, 4) is 0 Å². The number of carbonyl (C=O) groups is 3. The lowest BCUT2D eigenvalue weighted by Crippen LogP contribution is -2.30. The molecule has 0 heterocycles. The summed E-state index contributed by atoms with van der Waals surface area (Å²) in [6, 6.07) is 0. The second kappa shape index (κ2) is 65.1. The van der Waals surface area contributed by atoms with Gasteiger partial charge in [0.1, 0.15) is 13.2 Å². The van der Waals surface area contributed by atoms with Gasteiger partial charge in [0.15, 0.2) is 6.10 Å². The molecule has 444 valence electrons. The van der Waals surface area contributed by atoms with E-state index in [9.17, 15) is 14.4 Å². The third-order valence-corrected chi connectivity index (χ3v) is 14.4. The molecular weight excluding hydrogens is 949 g/mol. The summed E-state index contributed by atoms with van der Waals surface area (Å²) in [5, 5.41) is 0. The van der Waals surface area contributed by atoms with E-state index in [-0.39, 0.29) is 31.1 Å². The van der Waals surface area contributed by atoms with Gasteiger partial charge in [0.05, 0.1) is 0 Å². The van der Waals surface area contributed by atoms with Crippen LogP contribution in [0, 0.1) is 0 Å². The Bertz CT molecular complexity index is 1470. The number of ether oxygens (including phenoxy) is 3. The Morgan fingerprint density at radius 2 is 0.506 bits per heavy atom. The Kier molecular flexibility index (Phi) is 62.2. The van der Waals surface area contributed by atoms with Crippen LogP contribution in [0.4, 0.5) is 0 Å². The molecule has 6 heteroatoms. The minimum atomic E-state index is -0.785. The van der Waals surface area contributed by atoms with Gasteiger partial charge >= 0.3 is 17.9 Å². The topological polar surface area (TPSA) is 78.9 Å². The molecule has 77 heavy (non-hydrogen) atoms. The van der Waals surface area contributed by atoms with Crippen LogP contribution in [0.2, 0.25) is 0 Å². The molecule has 0 saturated heterocycles. The second-order valence-electron chi connectivity index (χ2n) is 22.0. The van der Waals surface area contributed by atoms with Gasteiger partial charge in [-0.05, 0) is 96.3 Å². The molecule has 0 radical (unpaired) electrons. The standard InChI is InChI=1S/C71H124O6/c1-4-7-10-13-16-19-22-25-28-30-32-34-35-37-38-40-43-46-49-52-55-58-61-64-70(73)76-67-68(66-75-69(72)63-60-57-54-51-48-45-42-27-24-21-18-15-12-9-6-3)77-71(74)65-62-59-56-53-50-47-44-41-39-36-33-31-29-26-23-20-17-14-11-8-5-2/h8,11,17,20,22,25-26,29-30,32-33,35-37,68H,4-7,9-10,12-16,18-19,21,23-24,27-28,31,34,38-67H2,1-3H3/b11-8-,20-17-,25-22-,29-26-,32-30-,36-33-,37-35-. The van der Waals surface area contributed by atoms with Crippen molar-refractivity contribution in [3.05, 3.63) is 85.1 Å². The van der Waals surface area contributed by atoms with Crippen molar-refractivity contribution >= 4 is 17.9 Å². The highest BCUT2D eigenvalue weighted by Crippen LogP contribution is 2.17. The molecule has 0 amide bonds. The molecule has 0 aliphatic heterocycles. The zero-order valence-electron chi connectivity index (χ0n) is 51.0. The Morgan fingerprint density at radius 3 is 0.792 bits per heavy atom. The molecule has 0 N–H and O–H groups in total. The fourth-order valence-electron chi connectivity index (χ4n) is 9.44. The molecule has 0 aliphatic carbocycles. The first kappa shape index (κ1) is 73.6. The molecule has 1 unspecified atom stereocenters. The van der Waals surface area contributed by atoms with Crippen LogP contribution in [0.3, 0.4) is 0 Å². The van der Waals surface area contributed by atoms with Crippen molar-refractivity contribution < 1.29 is 28.6 Å². The van der Waals surface area contributed by atoms with Gasteiger partial charge in [-0.15, -0.1) is 0 Å². The quantitative estimate of drug-likeness (QED) is 0.0261. The largest absolute Gasteiger partial charge is 0.462 e. The fourth-order valence-corrected chi connectivity index (χ4v) is 9.44. The molecule has 0 rings (SSSR count). The van der Waals surface area contributed by atoms with Crippen LogP contribution in [-0.2, 0) is 28.6 Å². The zero-order valence-corrected chi connectivity index (χ0v) is 51.0. The van der Waals surface area contributed by atoms with Crippen molar-refractivity contribution in [1.29, 1.82) is 0 Å². The number of hydrogen-bond acceptors (Lipinski definition) is 6. The lowest BCUT2D eigenvalue weighted by atomic mass is 10.0. The van der Waals surface area contributed by atoms with Gasteiger partial charge < -0.3 is 14.2 Å². The second-order valence-corrected chi connectivity index (χ2v) is 22.0. The molecule has 0 spiro atoms. The summed E-state index contributed by atoms with van der Waals surface area (Å²) in [4.78, 5) is 38.4. The molecule has 0 fully saturated rings. The van der Waals surface area contributed by atoms with Gasteiger partial charge in [-0.2, -0.15) is 0 Å². The van der Waals surface area contributed by atoms with Gasteiger partial charge in [-0.1, -0.05) is 298 Å². The smallest absolute Gasteiger partial charge is 0.306 e. The monoisotopic (exact) mass is 1070 g/mol. The molecule has 0 aliphatic rings. The van der Waals surface area contributed by atoms with Crippen molar-refractivity contribution in [1.82, 2.24) is 0 Å². The van der Waals surface area contributed by atoms with E-state index in [1.165, 1.54) is 180 Å². The number of esters is 3. The van der Waals surface area contributed by atoms with E-state index >= 15 is 0 Å². The average molecular weight is 1070 g/mol. The van der Waals surface area contributed by atoms with Crippen molar-refractivity contribution in [2.75, 3.05) is 13.2 Å². The average Bonchev–Trinajstić information content (AvgIpc) is 3.43. The van der Waals surface area contributed by atoms with Gasteiger partial charge in [-0.3, -0.25) is 14.4 Å². The van der Waals surface area contributed by atoms with Crippen LogP contribution in [0.1, 0.15) is 329 Å². The van der Waals surface area contributed by atoms with Gasteiger partial charge in [0.25, 0.3) is 0 Å². The minimum absolute atomic E-state index is 0.0794. The Hall–Kier alpha value is -3.41. The van der Waals surface area contributed by atoms with Gasteiger partial charge in [0, 0.05) is 19.3 Å². The van der Waals surface area contributed by atoms with Crippen LogP contribution in [0.15, 0.2) is 85.1 Å². The Morgan fingerprint density at radius 1 is 0.273 bits per heavy atom. The van der Waals surface area contributed by atoms with Crippen LogP contribution >= 0.6 is 0 Å². The third-order valence-electron chi connectivity index (χ3n) is 14.4. The lowest BCUT2D eigenvalue weighted by molar-refractivity contribution is -0.167. The molecular formula is C71H124O6. The molecule has 0 saturated carbocycles. The van der Waals surface area contributed by atoms with E-state index in [4.69, 9.17) is 14.2 Å². The predicted molar refractivity (Wildman–Crippen MR) is 334 cm³/mol. The maximum Gasteiger partial charge on any atom is 0.306 e. The summed E-state index contributed by atoms with van der Waals surface area (Å²) >= 11 is 0. The molecule has 0 aromatic rings. The number of allylic oxidation sites excluding steroid dienone is 14.